The first-order chi connectivity index (χ1) is 26.2. The molecule has 7 rings (SSSR count). The highest BCUT2D eigenvalue weighted by molar-refractivity contribution is 5.89. The van der Waals surface area contributed by atoms with Gasteiger partial charge >= 0.3 is 29.8 Å². The number of ether oxygens (including phenoxy) is 9. The van der Waals surface area contributed by atoms with E-state index in [4.69, 9.17) is 42.6 Å². The SMILES string of the molecule is CCN1C[C@@]2(COC)[C@H]3[C@@H](OC)[C@@H]4C1[C@]3([C@@H](OC)C[C@H]2OC(C)=O)[C@@H]1C[C@@]2(OC(C)=O)[C@H](OC(=O)c3ccccc3)[C@@H]1[C@]4(OC(C)=O)[C@@H](OC(C)=O)[C@@H]2OC. The Hall–Kier alpha value is -3.63. The van der Waals surface area contributed by atoms with Crippen molar-refractivity contribution >= 4 is 29.8 Å². The second-order valence-electron chi connectivity index (χ2n) is 16.1. The summed E-state index contributed by atoms with van der Waals surface area (Å²) in [6, 6.07) is 7.98. The molecule has 1 spiro atoms. The zero-order valence-corrected chi connectivity index (χ0v) is 32.9. The van der Waals surface area contributed by atoms with E-state index in [0.29, 0.717) is 19.5 Å². The van der Waals surface area contributed by atoms with E-state index in [-0.39, 0.29) is 18.6 Å². The number of carbonyl (C=O) groups is 5. The Morgan fingerprint density at radius 3 is 1.96 bits per heavy atom. The van der Waals surface area contributed by atoms with Crippen LogP contribution in [0.15, 0.2) is 30.3 Å². The Bertz CT molecular complexity index is 1710. The molecule has 6 aliphatic rings. The van der Waals surface area contributed by atoms with Crippen molar-refractivity contribution < 1.29 is 66.6 Å². The average molecular weight is 772 g/mol. The molecule has 0 amide bonds. The fourth-order valence-corrected chi connectivity index (χ4v) is 13.4. The third kappa shape index (κ3) is 5.21. The lowest BCUT2D eigenvalue weighted by atomic mass is 9.42. The van der Waals surface area contributed by atoms with Crippen LogP contribution in [0.25, 0.3) is 0 Å². The van der Waals surface area contributed by atoms with E-state index < -0.39 is 118 Å². The maximum absolute atomic E-state index is 14.2. The molecule has 0 radical (unpaired) electrons. The van der Waals surface area contributed by atoms with Gasteiger partial charge in [0.1, 0.15) is 12.2 Å². The van der Waals surface area contributed by atoms with E-state index in [9.17, 15) is 24.0 Å². The number of rotatable bonds is 12. The molecule has 5 saturated carbocycles. The number of hydrogen-bond donors (Lipinski definition) is 0. The van der Waals surface area contributed by atoms with Gasteiger partial charge in [-0.1, -0.05) is 25.1 Å². The summed E-state index contributed by atoms with van der Waals surface area (Å²) in [4.78, 5) is 69.8. The molecule has 1 aliphatic heterocycles. The van der Waals surface area contributed by atoms with Crippen molar-refractivity contribution in [1.82, 2.24) is 4.90 Å². The zero-order chi connectivity index (χ0) is 39.8. The zero-order valence-electron chi connectivity index (χ0n) is 32.9. The molecule has 1 unspecified atom stereocenters. The van der Waals surface area contributed by atoms with Crippen molar-refractivity contribution in [2.75, 3.05) is 48.1 Å². The summed E-state index contributed by atoms with van der Waals surface area (Å²) in [6.07, 6.45) is -5.56. The third-order valence-corrected chi connectivity index (χ3v) is 14.0. The Labute approximate surface area is 320 Å². The summed E-state index contributed by atoms with van der Waals surface area (Å²) in [6.45, 7) is 8.33. The van der Waals surface area contributed by atoms with Crippen LogP contribution in [0.1, 0.15) is 57.8 Å². The Morgan fingerprint density at radius 1 is 0.745 bits per heavy atom. The number of benzene rings is 1. The maximum atomic E-state index is 14.2. The highest BCUT2D eigenvalue weighted by Gasteiger charge is 2.93. The molecule has 7 bridgehead atoms. The van der Waals surface area contributed by atoms with Gasteiger partial charge < -0.3 is 42.6 Å². The van der Waals surface area contributed by atoms with Crippen LogP contribution >= 0.6 is 0 Å². The van der Waals surface area contributed by atoms with Crippen molar-refractivity contribution in [3.05, 3.63) is 35.9 Å². The van der Waals surface area contributed by atoms with Crippen molar-refractivity contribution in [2.24, 2.45) is 34.5 Å². The molecule has 55 heavy (non-hydrogen) atoms. The third-order valence-electron chi connectivity index (χ3n) is 14.0. The molecule has 6 fully saturated rings. The highest BCUT2D eigenvalue weighted by Crippen LogP contribution is 2.81. The van der Waals surface area contributed by atoms with Gasteiger partial charge in [-0.3, -0.25) is 24.1 Å². The number of piperidine rings is 1. The summed E-state index contributed by atoms with van der Waals surface area (Å²) in [5, 5.41) is 0. The maximum Gasteiger partial charge on any atom is 0.338 e. The number of methoxy groups -OCH3 is 4. The first-order valence-electron chi connectivity index (χ1n) is 19.0. The molecule has 1 aromatic rings. The lowest BCUT2D eigenvalue weighted by Crippen LogP contribution is -2.82. The smallest absolute Gasteiger partial charge is 0.338 e. The number of fused-ring (bicyclic) bond motifs is 2. The van der Waals surface area contributed by atoms with Crippen LogP contribution in [0.3, 0.4) is 0 Å². The number of hydrogen-bond acceptors (Lipinski definition) is 15. The van der Waals surface area contributed by atoms with E-state index in [2.05, 4.69) is 4.90 Å². The van der Waals surface area contributed by atoms with Crippen LogP contribution in [0, 0.1) is 34.5 Å². The average Bonchev–Trinajstić information content (AvgIpc) is 3.51. The Morgan fingerprint density at radius 2 is 1.42 bits per heavy atom. The minimum absolute atomic E-state index is 0.0537. The number of nitrogens with zero attached hydrogens (tertiary/aromatic N) is 1. The van der Waals surface area contributed by atoms with Crippen molar-refractivity contribution in [3.8, 4) is 0 Å². The minimum atomic E-state index is -1.77. The normalized spacial score (nSPS) is 43.3. The Kier molecular flexibility index (Phi) is 10.1. The second-order valence-corrected chi connectivity index (χ2v) is 16.1. The molecule has 15 nitrogen and oxygen atoms in total. The molecule has 1 heterocycles. The summed E-state index contributed by atoms with van der Waals surface area (Å²) >= 11 is 0. The van der Waals surface area contributed by atoms with Crippen LogP contribution in [-0.4, -0.2) is 137 Å². The van der Waals surface area contributed by atoms with Gasteiger partial charge in [-0.15, -0.1) is 0 Å². The van der Waals surface area contributed by atoms with E-state index in [0.717, 1.165) is 0 Å². The molecule has 0 aromatic heterocycles. The van der Waals surface area contributed by atoms with Crippen LogP contribution in [0.5, 0.6) is 0 Å². The summed E-state index contributed by atoms with van der Waals surface area (Å²) in [7, 11) is 6.23. The van der Waals surface area contributed by atoms with Crippen LogP contribution < -0.4 is 0 Å². The first kappa shape index (κ1) is 39.6. The van der Waals surface area contributed by atoms with Gasteiger partial charge in [0.25, 0.3) is 0 Å². The van der Waals surface area contributed by atoms with E-state index in [1.54, 1.807) is 51.7 Å². The summed E-state index contributed by atoms with van der Waals surface area (Å²) < 4.78 is 57.9. The lowest BCUT2D eigenvalue weighted by molar-refractivity contribution is -0.325. The molecule has 0 N–H and O–H groups in total. The molecular weight excluding hydrogens is 718 g/mol. The van der Waals surface area contributed by atoms with Crippen LogP contribution in [0.4, 0.5) is 0 Å². The van der Waals surface area contributed by atoms with E-state index in [1.807, 2.05) is 6.92 Å². The van der Waals surface area contributed by atoms with Gasteiger partial charge in [-0.25, -0.2) is 4.79 Å². The summed E-state index contributed by atoms with van der Waals surface area (Å²) in [5.74, 6) is -5.98. The van der Waals surface area contributed by atoms with Gasteiger partial charge in [-0.05, 0) is 31.0 Å². The monoisotopic (exact) mass is 771 g/mol. The molecule has 1 saturated heterocycles. The molecule has 15 atom stereocenters. The molecule has 5 aliphatic carbocycles. The number of carbonyl (C=O) groups excluding carboxylic acids is 5. The standard InChI is InChI=1S/C40H53NO14/c1-10-41-18-37(19-47-6)26(51-20(2)42)16-27(48-7)39-25-17-38(54-22(4)44)33(53-36(46)24-14-12-11-13-15-24)28(25)40(55-23(5)45,35(34(38)50-9)52-21(3)43)29(32(39)41)30(49-8)31(37)39/h11-15,25-35H,10,16-19H2,1-9H3/t25-,26-,27+,28-,29-,30+,31-,32?,33-,34+,35+,37+,38-,39+,40-/m1/s1. The van der Waals surface area contributed by atoms with Gasteiger partial charge in [0.15, 0.2) is 23.4 Å². The van der Waals surface area contributed by atoms with Gasteiger partial charge in [0.2, 0.25) is 0 Å². The predicted octanol–water partition coefficient (Wildman–Crippen LogP) is 2.36. The van der Waals surface area contributed by atoms with Crippen molar-refractivity contribution in [1.29, 1.82) is 0 Å². The predicted molar refractivity (Wildman–Crippen MR) is 189 cm³/mol. The summed E-state index contributed by atoms with van der Waals surface area (Å²) in [5.41, 5.74) is -5.03. The van der Waals surface area contributed by atoms with Gasteiger partial charge in [0.05, 0.1) is 24.4 Å². The van der Waals surface area contributed by atoms with Gasteiger partial charge in [-0.2, -0.15) is 0 Å². The minimum Gasteiger partial charge on any atom is -0.462 e. The van der Waals surface area contributed by atoms with E-state index >= 15 is 0 Å². The fourth-order valence-electron chi connectivity index (χ4n) is 13.4. The molecule has 1 aromatic carbocycles. The highest BCUT2D eigenvalue weighted by atomic mass is 16.7. The quantitative estimate of drug-likeness (QED) is 0.224. The Balaban J connectivity index is 1.60. The van der Waals surface area contributed by atoms with Crippen molar-refractivity contribution in [2.45, 2.75) is 101 Å². The first-order valence-corrected chi connectivity index (χ1v) is 19.0. The van der Waals surface area contributed by atoms with E-state index in [1.165, 1.54) is 34.8 Å². The van der Waals surface area contributed by atoms with Crippen LogP contribution in [-0.2, 0) is 61.8 Å². The second kappa shape index (κ2) is 14.1. The van der Waals surface area contributed by atoms with Crippen molar-refractivity contribution in [3.63, 3.8) is 0 Å². The van der Waals surface area contributed by atoms with Crippen LogP contribution in [0.2, 0.25) is 0 Å². The topological polar surface area (TPSA) is 172 Å². The number of likely N-dealkylation sites (tertiary alicyclic amines) is 1. The molecule has 302 valence electrons. The number of esters is 5. The van der Waals surface area contributed by atoms with Gasteiger partial charge in [0, 0.05) is 104 Å². The largest absolute Gasteiger partial charge is 0.462 e. The molecular formula is C40H53NO14. The molecule has 15 heteroatoms. The fraction of sp³-hybridized carbons (Fsp3) is 0.725. The lowest BCUT2D eigenvalue weighted by Gasteiger charge is -2.70.